The van der Waals surface area contributed by atoms with Gasteiger partial charge in [-0.25, -0.2) is 9.18 Å². The smallest absolute Gasteiger partial charge is 0.407 e. The van der Waals surface area contributed by atoms with Crippen molar-refractivity contribution in [1.82, 2.24) is 10.6 Å². The van der Waals surface area contributed by atoms with Crippen LogP contribution >= 0.6 is 15.9 Å². The van der Waals surface area contributed by atoms with E-state index in [0.29, 0.717) is 4.47 Å². The largest absolute Gasteiger partial charge is 0.444 e. The molecular formula is C18H26BrFN2O3. The summed E-state index contributed by atoms with van der Waals surface area (Å²) < 4.78 is 19.7. The molecule has 140 valence electrons. The van der Waals surface area contributed by atoms with Crippen molar-refractivity contribution in [2.24, 2.45) is 5.92 Å². The van der Waals surface area contributed by atoms with E-state index in [9.17, 15) is 14.0 Å². The van der Waals surface area contributed by atoms with Crippen LogP contribution in [0.2, 0.25) is 0 Å². The molecule has 5 nitrogen and oxygen atoms in total. The lowest BCUT2D eigenvalue weighted by atomic mass is 9.88. The topological polar surface area (TPSA) is 67.4 Å². The number of ether oxygens (including phenoxy) is 1. The molecule has 1 unspecified atom stereocenters. The van der Waals surface area contributed by atoms with E-state index in [1.807, 2.05) is 13.8 Å². The summed E-state index contributed by atoms with van der Waals surface area (Å²) in [5.41, 5.74) is -1.44. The molecule has 2 N–H and O–H groups in total. The van der Waals surface area contributed by atoms with Gasteiger partial charge >= 0.3 is 6.09 Å². The van der Waals surface area contributed by atoms with Crippen LogP contribution in [0, 0.1) is 11.7 Å². The number of halogens is 2. The summed E-state index contributed by atoms with van der Waals surface area (Å²) in [5, 5.41) is 5.49. The first-order chi connectivity index (χ1) is 11.3. The predicted molar refractivity (Wildman–Crippen MR) is 99.0 cm³/mol. The van der Waals surface area contributed by atoms with Crippen molar-refractivity contribution in [3.8, 4) is 0 Å². The van der Waals surface area contributed by atoms with Gasteiger partial charge in [0, 0.05) is 11.0 Å². The number of carbonyl (C=O) groups excluding carboxylic acids is 2. The van der Waals surface area contributed by atoms with Gasteiger partial charge in [0.1, 0.15) is 11.4 Å². The molecule has 1 rings (SSSR count). The summed E-state index contributed by atoms with van der Waals surface area (Å²) in [6.07, 6.45) is -0.567. The van der Waals surface area contributed by atoms with Crippen molar-refractivity contribution in [2.45, 2.75) is 52.7 Å². The van der Waals surface area contributed by atoms with Gasteiger partial charge in [-0.2, -0.15) is 0 Å². The Bertz CT molecular complexity index is 644. The third-order valence-electron chi connectivity index (χ3n) is 3.85. The molecule has 2 amide bonds. The Kier molecular flexibility index (Phi) is 6.99. The Labute approximate surface area is 156 Å². The van der Waals surface area contributed by atoms with Gasteiger partial charge in [0.2, 0.25) is 0 Å². The summed E-state index contributed by atoms with van der Waals surface area (Å²) in [7, 11) is 0. The minimum atomic E-state index is -0.775. The standard InChI is InChI=1S/C18H26BrFN2O3/c1-11(2)18(6,10-21-16(24)25-17(3,4)5)22-15(23)13-9-12(19)7-8-14(13)20/h7-9,11H,10H2,1-6H3,(H,21,24)(H,22,23). The van der Waals surface area contributed by atoms with Crippen LogP contribution in [0.1, 0.15) is 51.9 Å². The van der Waals surface area contributed by atoms with Gasteiger partial charge < -0.3 is 15.4 Å². The highest BCUT2D eigenvalue weighted by atomic mass is 79.9. The summed E-state index contributed by atoms with van der Waals surface area (Å²) in [5.74, 6) is -1.16. The first-order valence-corrected chi connectivity index (χ1v) is 8.88. The fraction of sp³-hybridized carbons (Fsp3) is 0.556. The van der Waals surface area contributed by atoms with Crippen LogP contribution in [-0.2, 0) is 4.74 Å². The van der Waals surface area contributed by atoms with Gasteiger partial charge in [-0.3, -0.25) is 4.79 Å². The van der Waals surface area contributed by atoms with Crippen LogP contribution in [0.5, 0.6) is 0 Å². The quantitative estimate of drug-likeness (QED) is 0.753. The highest BCUT2D eigenvalue weighted by Crippen LogP contribution is 2.20. The summed E-state index contributed by atoms with van der Waals surface area (Å²) >= 11 is 3.23. The van der Waals surface area contributed by atoms with Gasteiger partial charge in [0.15, 0.2) is 0 Å². The number of amides is 2. The van der Waals surface area contributed by atoms with E-state index in [-0.39, 0.29) is 18.0 Å². The number of carbonyl (C=O) groups is 2. The van der Waals surface area contributed by atoms with Crippen LogP contribution in [0.3, 0.4) is 0 Å². The predicted octanol–water partition coefficient (Wildman–Crippen LogP) is 4.26. The maximum atomic E-state index is 13.9. The number of benzene rings is 1. The number of nitrogens with one attached hydrogen (secondary N) is 2. The van der Waals surface area contributed by atoms with Crippen LogP contribution in [0.15, 0.2) is 22.7 Å². The second-order valence-corrected chi connectivity index (χ2v) is 8.42. The van der Waals surface area contributed by atoms with E-state index < -0.39 is 29.0 Å². The lowest BCUT2D eigenvalue weighted by Gasteiger charge is -2.35. The maximum absolute atomic E-state index is 13.9. The van der Waals surface area contributed by atoms with E-state index in [2.05, 4.69) is 26.6 Å². The second kappa shape index (κ2) is 8.17. The molecule has 1 atom stereocenters. The summed E-state index contributed by atoms with van der Waals surface area (Å²) in [4.78, 5) is 24.4. The van der Waals surface area contributed by atoms with Gasteiger partial charge in [-0.15, -0.1) is 0 Å². The van der Waals surface area contributed by atoms with Crippen LogP contribution in [0.4, 0.5) is 9.18 Å². The third-order valence-corrected chi connectivity index (χ3v) is 4.34. The van der Waals surface area contributed by atoms with Crippen LogP contribution in [-0.4, -0.2) is 29.7 Å². The zero-order valence-corrected chi connectivity index (χ0v) is 17.1. The first kappa shape index (κ1) is 21.4. The molecule has 1 aromatic carbocycles. The molecule has 7 heteroatoms. The van der Waals surface area contributed by atoms with Gasteiger partial charge in [-0.1, -0.05) is 29.8 Å². The molecule has 0 aliphatic rings. The lowest BCUT2D eigenvalue weighted by Crippen LogP contribution is -2.57. The molecule has 0 saturated carbocycles. The zero-order chi connectivity index (χ0) is 19.4. The van der Waals surface area contributed by atoms with Gasteiger partial charge in [0.25, 0.3) is 5.91 Å². The third kappa shape index (κ3) is 6.65. The summed E-state index contributed by atoms with van der Waals surface area (Å²) in [6.45, 7) is 11.1. The molecule has 0 saturated heterocycles. The number of hydrogen-bond acceptors (Lipinski definition) is 3. The molecule has 0 fully saturated rings. The Morgan fingerprint density at radius 3 is 2.36 bits per heavy atom. The minimum Gasteiger partial charge on any atom is -0.444 e. The van der Waals surface area contributed by atoms with E-state index >= 15 is 0 Å². The number of alkyl carbamates (subject to hydrolysis) is 1. The average Bonchev–Trinajstić information content (AvgIpc) is 2.45. The van der Waals surface area contributed by atoms with E-state index in [4.69, 9.17) is 4.74 Å². The van der Waals surface area contributed by atoms with Gasteiger partial charge in [-0.05, 0) is 51.8 Å². The molecule has 0 aliphatic heterocycles. The highest BCUT2D eigenvalue weighted by Gasteiger charge is 2.32. The zero-order valence-electron chi connectivity index (χ0n) is 15.5. The Morgan fingerprint density at radius 2 is 1.84 bits per heavy atom. The molecule has 0 radical (unpaired) electrons. The van der Waals surface area contributed by atoms with Crippen LogP contribution in [0.25, 0.3) is 0 Å². The van der Waals surface area contributed by atoms with Gasteiger partial charge in [0.05, 0.1) is 11.1 Å². The Balaban J connectivity index is 2.86. The number of rotatable bonds is 5. The molecule has 0 spiro atoms. The van der Waals surface area contributed by atoms with Crippen molar-refractivity contribution < 1.29 is 18.7 Å². The Morgan fingerprint density at radius 1 is 1.24 bits per heavy atom. The van der Waals surface area contributed by atoms with Crippen molar-refractivity contribution in [3.05, 3.63) is 34.1 Å². The maximum Gasteiger partial charge on any atom is 0.407 e. The Hall–Kier alpha value is -1.63. The van der Waals surface area contributed by atoms with Crippen LogP contribution < -0.4 is 10.6 Å². The monoisotopic (exact) mass is 416 g/mol. The fourth-order valence-corrected chi connectivity index (χ4v) is 2.32. The molecule has 25 heavy (non-hydrogen) atoms. The van der Waals surface area contributed by atoms with Crippen molar-refractivity contribution in [3.63, 3.8) is 0 Å². The fourth-order valence-electron chi connectivity index (χ4n) is 1.96. The molecule has 1 aromatic rings. The van der Waals surface area contributed by atoms with Crippen molar-refractivity contribution >= 4 is 27.9 Å². The van der Waals surface area contributed by atoms with E-state index in [1.165, 1.54) is 18.2 Å². The second-order valence-electron chi connectivity index (χ2n) is 7.51. The molecule has 0 aromatic heterocycles. The normalized spacial score (nSPS) is 14.0. The lowest BCUT2D eigenvalue weighted by molar-refractivity contribution is 0.0497. The molecule has 0 aliphatic carbocycles. The SMILES string of the molecule is CC(C)C(C)(CNC(=O)OC(C)(C)C)NC(=O)c1cc(Br)ccc1F. The number of hydrogen-bond donors (Lipinski definition) is 2. The minimum absolute atomic E-state index is 0.0124. The average molecular weight is 417 g/mol. The molecule has 0 heterocycles. The van der Waals surface area contributed by atoms with Crippen molar-refractivity contribution in [1.29, 1.82) is 0 Å². The molecule has 0 bridgehead atoms. The van der Waals surface area contributed by atoms with E-state index in [0.717, 1.165) is 0 Å². The molecular weight excluding hydrogens is 391 g/mol. The van der Waals surface area contributed by atoms with E-state index in [1.54, 1.807) is 27.7 Å². The first-order valence-electron chi connectivity index (χ1n) is 8.08. The van der Waals surface area contributed by atoms with Crippen molar-refractivity contribution in [2.75, 3.05) is 6.54 Å². The highest BCUT2D eigenvalue weighted by molar-refractivity contribution is 9.10. The summed E-state index contributed by atoms with van der Waals surface area (Å²) in [6, 6.07) is 4.18.